The molecule has 1 heterocycles. The number of nitro benzene ring substituents is 1. The Hall–Kier alpha value is -1.66. The van der Waals surface area contributed by atoms with Crippen LogP contribution in [0, 0.1) is 23.0 Å². The monoisotopic (exact) mass is 280 g/mol. The molecule has 0 aromatic heterocycles. The Morgan fingerprint density at radius 3 is 2.80 bits per heavy atom. The first kappa shape index (κ1) is 14.7. The molecule has 1 fully saturated rings. The molecule has 1 aliphatic rings. The van der Waals surface area contributed by atoms with E-state index in [1.807, 2.05) is 6.92 Å². The Bertz CT molecular complexity index is 472. The minimum absolute atomic E-state index is 0.0815. The molecular weight excluding hydrogens is 260 g/mol. The third-order valence-electron chi connectivity index (χ3n) is 3.73. The fraction of sp³-hybridized carbons (Fsp3) is 0.571. The topological polar surface area (TPSA) is 84.6 Å². The summed E-state index contributed by atoms with van der Waals surface area (Å²) in [6.07, 6.45) is 1.33. The Kier molecular flexibility index (Phi) is 4.92. The second-order valence-electron chi connectivity index (χ2n) is 5.15. The van der Waals surface area contributed by atoms with Gasteiger partial charge in [0.15, 0.2) is 0 Å². The number of nitro groups is 1. The summed E-state index contributed by atoms with van der Waals surface area (Å²) in [6, 6.07) is 4.68. The maximum atomic E-state index is 10.7. The van der Waals surface area contributed by atoms with Crippen LogP contribution in [0.3, 0.4) is 0 Å². The lowest BCUT2D eigenvalue weighted by atomic mass is 9.94. The molecule has 0 amide bonds. The van der Waals surface area contributed by atoms with Crippen LogP contribution < -0.4 is 5.32 Å². The molecule has 0 spiro atoms. The molecule has 2 rings (SSSR count). The number of rotatable bonds is 5. The van der Waals surface area contributed by atoms with Crippen molar-refractivity contribution in [2.75, 3.05) is 25.1 Å². The molecule has 0 radical (unpaired) electrons. The van der Waals surface area contributed by atoms with Gasteiger partial charge in [-0.2, -0.15) is 0 Å². The third kappa shape index (κ3) is 3.68. The van der Waals surface area contributed by atoms with E-state index < -0.39 is 11.0 Å². The number of non-ortho nitro benzene ring substituents is 1. The summed E-state index contributed by atoms with van der Waals surface area (Å²) in [5.41, 5.74) is 1.71. The van der Waals surface area contributed by atoms with Crippen molar-refractivity contribution in [3.63, 3.8) is 0 Å². The van der Waals surface area contributed by atoms with E-state index >= 15 is 0 Å². The zero-order valence-electron chi connectivity index (χ0n) is 11.5. The van der Waals surface area contributed by atoms with Crippen molar-refractivity contribution in [2.45, 2.75) is 25.9 Å². The average Bonchev–Trinajstić information content (AvgIpc) is 2.46. The molecule has 20 heavy (non-hydrogen) atoms. The molecule has 1 aromatic rings. The van der Waals surface area contributed by atoms with Crippen LogP contribution in [-0.4, -0.2) is 35.9 Å². The molecule has 0 aliphatic carbocycles. The Labute approximate surface area is 117 Å². The lowest BCUT2D eigenvalue weighted by Gasteiger charge is -2.27. The highest BCUT2D eigenvalue weighted by Crippen LogP contribution is 2.23. The van der Waals surface area contributed by atoms with Crippen LogP contribution in [-0.2, 0) is 4.74 Å². The highest BCUT2D eigenvalue weighted by molar-refractivity contribution is 5.55. The lowest BCUT2D eigenvalue weighted by molar-refractivity contribution is -0.384. The van der Waals surface area contributed by atoms with E-state index in [-0.39, 0.29) is 11.6 Å². The second kappa shape index (κ2) is 6.67. The third-order valence-corrected chi connectivity index (χ3v) is 3.73. The number of aryl methyl sites for hydroxylation is 1. The largest absolute Gasteiger partial charge is 0.391 e. The van der Waals surface area contributed by atoms with E-state index in [1.54, 1.807) is 6.07 Å². The van der Waals surface area contributed by atoms with Crippen molar-refractivity contribution in [3.8, 4) is 0 Å². The normalized spacial score (nSPS) is 17.7. The van der Waals surface area contributed by atoms with Gasteiger partial charge in [0.1, 0.15) is 0 Å². The summed E-state index contributed by atoms with van der Waals surface area (Å²) in [4.78, 5) is 10.3. The van der Waals surface area contributed by atoms with E-state index in [2.05, 4.69) is 5.32 Å². The lowest BCUT2D eigenvalue weighted by Crippen LogP contribution is -2.32. The van der Waals surface area contributed by atoms with Gasteiger partial charge in [0.05, 0.1) is 11.0 Å². The first-order valence-electron chi connectivity index (χ1n) is 6.82. The molecule has 6 heteroatoms. The van der Waals surface area contributed by atoms with Crippen LogP contribution in [0.5, 0.6) is 0 Å². The summed E-state index contributed by atoms with van der Waals surface area (Å²) in [7, 11) is 0. The van der Waals surface area contributed by atoms with Crippen LogP contribution in [0.15, 0.2) is 18.2 Å². The molecular formula is C14H20N2O4. The van der Waals surface area contributed by atoms with Crippen molar-refractivity contribution in [3.05, 3.63) is 33.9 Å². The summed E-state index contributed by atoms with van der Waals surface area (Å²) in [5, 5.41) is 24.0. The number of hydrogen-bond acceptors (Lipinski definition) is 5. The number of aliphatic hydroxyl groups excluding tert-OH is 1. The number of nitrogens with one attached hydrogen (secondary N) is 1. The van der Waals surface area contributed by atoms with Crippen LogP contribution in [0.1, 0.15) is 18.4 Å². The van der Waals surface area contributed by atoms with Crippen LogP contribution in [0.25, 0.3) is 0 Å². The first-order valence-corrected chi connectivity index (χ1v) is 6.82. The highest BCUT2D eigenvalue weighted by Gasteiger charge is 2.22. The molecule has 1 aliphatic heterocycles. The quantitative estimate of drug-likeness (QED) is 0.637. The van der Waals surface area contributed by atoms with Crippen LogP contribution in [0.2, 0.25) is 0 Å². The van der Waals surface area contributed by atoms with Crippen LogP contribution >= 0.6 is 0 Å². The number of aliphatic hydroxyl groups is 1. The van der Waals surface area contributed by atoms with Crippen molar-refractivity contribution in [2.24, 2.45) is 5.92 Å². The molecule has 2 N–H and O–H groups in total. The zero-order chi connectivity index (χ0) is 14.5. The van der Waals surface area contributed by atoms with Crippen molar-refractivity contribution >= 4 is 11.4 Å². The van der Waals surface area contributed by atoms with Gasteiger partial charge in [0.25, 0.3) is 5.69 Å². The predicted octanol–water partition coefficient (Wildman–Crippen LogP) is 2.10. The number of nitrogens with zero attached hydrogens (tertiary/aromatic N) is 1. The first-order chi connectivity index (χ1) is 9.58. The minimum Gasteiger partial charge on any atom is -0.391 e. The molecule has 6 nitrogen and oxygen atoms in total. The van der Waals surface area contributed by atoms with Crippen molar-refractivity contribution < 1.29 is 14.8 Å². The number of ether oxygens (including phenoxy) is 1. The molecule has 0 bridgehead atoms. The van der Waals surface area contributed by atoms with Gasteiger partial charge in [-0.05, 0) is 37.3 Å². The number of anilines is 1. The summed E-state index contributed by atoms with van der Waals surface area (Å²) >= 11 is 0. The Balaban J connectivity index is 1.91. The van der Waals surface area contributed by atoms with Gasteiger partial charge in [-0.1, -0.05) is 0 Å². The summed E-state index contributed by atoms with van der Waals surface area (Å²) in [6.45, 7) is 3.68. The van der Waals surface area contributed by atoms with E-state index in [9.17, 15) is 15.2 Å². The molecule has 1 saturated heterocycles. The number of benzene rings is 1. The molecule has 1 unspecified atom stereocenters. The highest BCUT2D eigenvalue weighted by atomic mass is 16.6. The Morgan fingerprint density at radius 1 is 1.50 bits per heavy atom. The minimum atomic E-state index is -0.423. The summed E-state index contributed by atoms with van der Waals surface area (Å²) in [5.74, 6) is 0.259. The van der Waals surface area contributed by atoms with E-state index in [0.717, 1.165) is 24.1 Å². The van der Waals surface area contributed by atoms with Gasteiger partial charge >= 0.3 is 0 Å². The molecule has 1 atom stereocenters. The Morgan fingerprint density at radius 2 is 2.20 bits per heavy atom. The van der Waals surface area contributed by atoms with E-state index in [0.29, 0.717) is 19.8 Å². The molecule has 110 valence electrons. The maximum Gasteiger partial charge on any atom is 0.269 e. The van der Waals surface area contributed by atoms with E-state index in [1.165, 1.54) is 12.1 Å². The molecule has 0 saturated carbocycles. The molecule has 1 aromatic carbocycles. The second-order valence-corrected chi connectivity index (χ2v) is 5.15. The zero-order valence-corrected chi connectivity index (χ0v) is 11.5. The fourth-order valence-electron chi connectivity index (χ4n) is 2.44. The summed E-state index contributed by atoms with van der Waals surface area (Å²) < 4.78 is 5.27. The van der Waals surface area contributed by atoms with E-state index in [4.69, 9.17) is 4.74 Å². The number of hydrogen-bond donors (Lipinski definition) is 2. The maximum absolute atomic E-state index is 10.7. The SMILES string of the molecule is Cc1cc([N+](=O)[O-])ccc1NCC(O)C1CCOCC1. The van der Waals surface area contributed by atoms with Crippen LogP contribution in [0.4, 0.5) is 11.4 Å². The van der Waals surface area contributed by atoms with Gasteiger partial charge in [0.2, 0.25) is 0 Å². The smallest absolute Gasteiger partial charge is 0.269 e. The predicted molar refractivity (Wildman–Crippen MR) is 75.9 cm³/mol. The van der Waals surface area contributed by atoms with Gasteiger partial charge in [-0.3, -0.25) is 10.1 Å². The van der Waals surface area contributed by atoms with Gasteiger partial charge in [-0.25, -0.2) is 0 Å². The average molecular weight is 280 g/mol. The van der Waals surface area contributed by atoms with Crippen molar-refractivity contribution in [1.29, 1.82) is 0 Å². The van der Waals surface area contributed by atoms with Crippen molar-refractivity contribution in [1.82, 2.24) is 0 Å². The standard InChI is InChI=1S/C14H20N2O4/c1-10-8-12(16(18)19)2-3-13(10)15-9-14(17)11-4-6-20-7-5-11/h2-3,8,11,14-15,17H,4-7,9H2,1H3. The van der Waals surface area contributed by atoms with Gasteiger partial charge in [0, 0.05) is 37.6 Å². The fourth-order valence-corrected chi connectivity index (χ4v) is 2.44. The van der Waals surface area contributed by atoms with Gasteiger partial charge in [-0.15, -0.1) is 0 Å². The van der Waals surface area contributed by atoms with Gasteiger partial charge < -0.3 is 15.2 Å².